The number of carboxylic acid groups (broad SMARTS) is 1. The van der Waals surface area contributed by atoms with Gasteiger partial charge in [0.2, 0.25) is 0 Å². The average Bonchev–Trinajstić information content (AvgIpc) is 2.43. The third-order valence-electron chi connectivity index (χ3n) is 3.09. The predicted octanol–water partition coefficient (Wildman–Crippen LogP) is 1.91. The zero-order valence-corrected chi connectivity index (χ0v) is 11.1. The number of carboxylic acids is 1. The molecule has 0 aliphatic heterocycles. The van der Waals surface area contributed by atoms with Gasteiger partial charge in [-0.3, -0.25) is 4.79 Å². The standard InChI is InChI=1S/C15H11FN2O3/c1-9-4-14(19)12(15(20)21)8-18(9)7-11-5-10(6-17)2-3-13(11)16/h2-5,8H,7H2,1H3,(H,20,21). The summed E-state index contributed by atoms with van der Waals surface area (Å²) in [6, 6.07) is 7.05. The van der Waals surface area contributed by atoms with Crippen molar-refractivity contribution in [3.8, 4) is 6.07 Å². The van der Waals surface area contributed by atoms with Crippen molar-refractivity contribution in [2.75, 3.05) is 0 Å². The van der Waals surface area contributed by atoms with Crippen LogP contribution in [0.3, 0.4) is 0 Å². The highest BCUT2D eigenvalue weighted by atomic mass is 19.1. The Morgan fingerprint density at radius 3 is 2.76 bits per heavy atom. The van der Waals surface area contributed by atoms with Crippen LogP contribution in [0.1, 0.15) is 27.2 Å². The molecule has 106 valence electrons. The molecular weight excluding hydrogens is 275 g/mol. The van der Waals surface area contributed by atoms with E-state index in [-0.39, 0.29) is 17.7 Å². The van der Waals surface area contributed by atoms with Crippen LogP contribution in [0.15, 0.2) is 35.3 Å². The Morgan fingerprint density at radius 2 is 2.14 bits per heavy atom. The number of aromatic nitrogens is 1. The zero-order chi connectivity index (χ0) is 15.6. The SMILES string of the molecule is Cc1cc(=O)c(C(=O)O)cn1Cc1cc(C#N)ccc1F. The fourth-order valence-electron chi connectivity index (χ4n) is 1.95. The molecule has 1 aromatic carbocycles. The van der Waals surface area contributed by atoms with Crippen molar-refractivity contribution in [1.82, 2.24) is 4.57 Å². The Labute approximate surface area is 119 Å². The smallest absolute Gasteiger partial charge is 0.341 e. The molecule has 2 rings (SSSR count). The number of aromatic carboxylic acids is 1. The van der Waals surface area contributed by atoms with Gasteiger partial charge in [0.25, 0.3) is 0 Å². The van der Waals surface area contributed by atoms with E-state index in [0.717, 1.165) is 0 Å². The first-order valence-electron chi connectivity index (χ1n) is 6.05. The average molecular weight is 286 g/mol. The maximum Gasteiger partial charge on any atom is 0.341 e. The molecule has 0 saturated carbocycles. The molecule has 0 unspecified atom stereocenters. The molecule has 0 amide bonds. The quantitative estimate of drug-likeness (QED) is 0.934. The van der Waals surface area contributed by atoms with Crippen molar-refractivity contribution in [2.24, 2.45) is 0 Å². The van der Waals surface area contributed by atoms with Gasteiger partial charge in [0.1, 0.15) is 11.4 Å². The van der Waals surface area contributed by atoms with Crippen LogP contribution in [0.4, 0.5) is 4.39 Å². The predicted molar refractivity (Wildman–Crippen MR) is 72.6 cm³/mol. The van der Waals surface area contributed by atoms with Crippen LogP contribution in [-0.2, 0) is 6.54 Å². The van der Waals surface area contributed by atoms with E-state index in [1.807, 2.05) is 6.07 Å². The van der Waals surface area contributed by atoms with Crippen molar-refractivity contribution >= 4 is 5.97 Å². The number of halogens is 1. The third-order valence-corrected chi connectivity index (χ3v) is 3.09. The first kappa shape index (κ1) is 14.5. The summed E-state index contributed by atoms with van der Waals surface area (Å²) in [5.74, 6) is -1.83. The molecule has 2 aromatic rings. The molecule has 0 spiro atoms. The summed E-state index contributed by atoms with van der Waals surface area (Å²) < 4.78 is 15.2. The van der Waals surface area contributed by atoms with Crippen molar-refractivity contribution in [1.29, 1.82) is 5.26 Å². The van der Waals surface area contributed by atoms with Gasteiger partial charge in [-0.15, -0.1) is 0 Å². The lowest BCUT2D eigenvalue weighted by Gasteiger charge is -2.12. The molecule has 21 heavy (non-hydrogen) atoms. The molecule has 0 radical (unpaired) electrons. The largest absolute Gasteiger partial charge is 0.477 e. The van der Waals surface area contributed by atoms with Gasteiger partial charge in [-0.2, -0.15) is 5.26 Å². The number of rotatable bonds is 3. The minimum atomic E-state index is -1.33. The molecule has 0 fully saturated rings. The molecular formula is C15H11FN2O3. The van der Waals surface area contributed by atoms with E-state index >= 15 is 0 Å². The van der Waals surface area contributed by atoms with Crippen molar-refractivity contribution in [3.63, 3.8) is 0 Å². The first-order chi connectivity index (χ1) is 9.92. The summed E-state index contributed by atoms with van der Waals surface area (Å²) in [6.45, 7) is 1.66. The minimum Gasteiger partial charge on any atom is -0.477 e. The van der Waals surface area contributed by atoms with Gasteiger partial charge in [0.15, 0.2) is 5.43 Å². The Kier molecular flexibility index (Phi) is 3.85. The van der Waals surface area contributed by atoms with Gasteiger partial charge < -0.3 is 9.67 Å². The van der Waals surface area contributed by atoms with Gasteiger partial charge in [-0.25, -0.2) is 9.18 Å². The number of pyridine rings is 1. The number of carbonyl (C=O) groups is 1. The van der Waals surface area contributed by atoms with E-state index in [4.69, 9.17) is 10.4 Å². The zero-order valence-electron chi connectivity index (χ0n) is 11.1. The summed E-state index contributed by atoms with van der Waals surface area (Å²) >= 11 is 0. The van der Waals surface area contributed by atoms with E-state index in [1.165, 1.54) is 35.0 Å². The molecule has 1 heterocycles. The second-order valence-electron chi connectivity index (χ2n) is 4.54. The van der Waals surface area contributed by atoms with Crippen LogP contribution in [0.25, 0.3) is 0 Å². The van der Waals surface area contributed by atoms with Crippen LogP contribution < -0.4 is 5.43 Å². The lowest BCUT2D eigenvalue weighted by atomic mass is 10.1. The number of hydrogen-bond acceptors (Lipinski definition) is 3. The summed E-state index contributed by atoms with van der Waals surface area (Å²) in [5, 5.41) is 17.8. The Morgan fingerprint density at radius 1 is 1.43 bits per heavy atom. The van der Waals surface area contributed by atoms with Crippen molar-refractivity contribution < 1.29 is 14.3 Å². The highest BCUT2D eigenvalue weighted by Gasteiger charge is 2.12. The van der Waals surface area contributed by atoms with Crippen LogP contribution in [0.2, 0.25) is 0 Å². The summed E-state index contributed by atoms with van der Waals surface area (Å²) in [7, 11) is 0. The van der Waals surface area contributed by atoms with E-state index in [0.29, 0.717) is 11.3 Å². The van der Waals surface area contributed by atoms with E-state index in [9.17, 15) is 14.0 Å². The molecule has 0 saturated heterocycles. The Balaban J connectivity index is 2.49. The van der Waals surface area contributed by atoms with Gasteiger partial charge in [-0.05, 0) is 25.1 Å². The Hall–Kier alpha value is -2.94. The summed E-state index contributed by atoms with van der Waals surface area (Å²) in [4.78, 5) is 22.5. The normalized spacial score (nSPS) is 10.1. The van der Waals surface area contributed by atoms with E-state index in [1.54, 1.807) is 6.92 Å². The van der Waals surface area contributed by atoms with E-state index in [2.05, 4.69) is 0 Å². The van der Waals surface area contributed by atoms with Crippen LogP contribution in [0, 0.1) is 24.1 Å². The second kappa shape index (κ2) is 5.59. The molecule has 1 aromatic heterocycles. The van der Waals surface area contributed by atoms with Crippen LogP contribution in [0.5, 0.6) is 0 Å². The summed E-state index contributed by atoms with van der Waals surface area (Å²) in [6.07, 6.45) is 1.18. The van der Waals surface area contributed by atoms with Crippen molar-refractivity contribution in [2.45, 2.75) is 13.5 Å². The molecule has 0 bridgehead atoms. The first-order valence-corrected chi connectivity index (χ1v) is 6.05. The number of benzene rings is 1. The lowest BCUT2D eigenvalue weighted by Crippen LogP contribution is -2.19. The number of aryl methyl sites for hydroxylation is 1. The van der Waals surface area contributed by atoms with Crippen LogP contribution in [-0.4, -0.2) is 15.6 Å². The highest BCUT2D eigenvalue weighted by molar-refractivity contribution is 5.87. The molecule has 1 N–H and O–H groups in total. The maximum atomic E-state index is 13.8. The number of hydrogen-bond donors (Lipinski definition) is 1. The van der Waals surface area contributed by atoms with Crippen LogP contribution >= 0.6 is 0 Å². The minimum absolute atomic E-state index is 0.0355. The van der Waals surface area contributed by atoms with Gasteiger partial charge in [0, 0.05) is 23.5 Å². The molecule has 5 nitrogen and oxygen atoms in total. The highest BCUT2D eigenvalue weighted by Crippen LogP contribution is 2.13. The Bertz CT molecular complexity index is 819. The molecule has 6 heteroatoms. The van der Waals surface area contributed by atoms with E-state index < -0.39 is 17.2 Å². The molecule has 0 aliphatic carbocycles. The number of nitrogens with zero attached hydrogens (tertiary/aromatic N) is 2. The topological polar surface area (TPSA) is 83.1 Å². The molecule has 0 aliphatic rings. The maximum absolute atomic E-state index is 13.8. The second-order valence-corrected chi connectivity index (χ2v) is 4.54. The van der Waals surface area contributed by atoms with Gasteiger partial charge >= 0.3 is 5.97 Å². The third kappa shape index (κ3) is 2.98. The number of nitriles is 1. The van der Waals surface area contributed by atoms with Crippen molar-refractivity contribution in [3.05, 3.63) is 68.9 Å². The lowest BCUT2D eigenvalue weighted by molar-refractivity contribution is 0.0694. The van der Waals surface area contributed by atoms with Gasteiger partial charge in [-0.1, -0.05) is 0 Å². The summed E-state index contributed by atoms with van der Waals surface area (Å²) in [5.41, 5.74) is 0.0902. The monoisotopic (exact) mass is 286 g/mol. The fourth-order valence-corrected chi connectivity index (χ4v) is 1.95. The molecule has 0 atom stereocenters. The van der Waals surface area contributed by atoms with Gasteiger partial charge in [0.05, 0.1) is 18.2 Å². The fraction of sp³-hybridized carbons (Fsp3) is 0.133.